The van der Waals surface area contributed by atoms with E-state index in [0.717, 1.165) is 32.6 Å². The number of ether oxygens (including phenoxy) is 2. The van der Waals surface area contributed by atoms with Crippen LogP contribution in [0.4, 0.5) is 5.82 Å². The number of rotatable bonds is 7. The minimum absolute atomic E-state index is 0.584. The molecule has 0 spiro atoms. The Morgan fingerprint density at radius 1 is 0.844 bits per heavy atom. The molecule has 0 saturated carbocycles. The maximum absolute atomic E-state index is 5.43. The highest BCUT2D eigenvalue weighted by molar-refractivity contribution is 9.10. The normalized spacial score (nSPS) is 10.8. The number of hydrogen-bond donors (Lipinski definition) is 1. The molecule has 0 aliphatic heterocycles. The van der Waals surface area contributed by atoms with Gasteiger partial charge >= 0.3 is 0 Å². The van der Waals surface area contributed by atoms with E-state index in [2.05, 4.69) is 31.4 Å². The molecule has 0 aliphatic carbocycles. The number of nitrogens with one attached hydrogen (secondary N) is 1. The fourth-order valence-corrected chi connectivity index (χ4v) is 3.35. The van der Waals surface area contributed by atoms with E-state index >= 15 is 0 Å². The third kappa shape index (κ3) is 5.12. The third-order valence-corrected chi connectivity index (χ3v) is 5.25. The first-order valence-corrected chi connectivity index (χ1v) is 10.7. The number of halogens is 1. The van der Waals surface area contributed by atoms with Gasteiger partial charge in [-0.2, -0.15) is 5.10 Å². The van der Waals surface area contributed by atoms with Crippen LogP contribution in [0.2, 0.25) is 0 Å². The molecule has 0 unspecified atom stereocenters. The summed E-state index contributed by atoms with van der Waals surface area (Å²) in [6, 6.07) is 25.3. The van der Waals surface area contributed by atoms with Crippen molar-refractivity contribution in [1.82, 2.24) is 9.97 Å². The van der Waals surface area contributed by atoms with E-state index in [4.69, 9.17) is 14.5 Å². The van der Waals surface area contributed by atoms with Crippen molar-refractivity contribution in [3.63, 3.8) is 0 Å². The molecular weight excluding hydrogens is 468 g/mol. The minimum atomic E-state index is 0.584. The Bertz CT molecular complexity index is 1230. The van der Waals surface area contributed by atoms with Crippen LogP contribution in [-0.4, -0.2) is 30.4 Å². The Morgan fingerprint density at radius 3 is 2.34 bits per heavy atom. The second kappa shape index (κ2) is 10.1. The minimum Gasteiger partial charge on any atom is -0.497 e. The topological polar surface area (TPSA) is 68.6 Å². The molecule has 160 valence electrons. The molecule has 1 N–H and O–H groups in total. The van der Waals surface area contributed by atoms with Crippen molar-refractivity contribution < 1.29 is 9.47 Å². The fraction of sp³-hybridized carbons (Fsp3) is 0.0800. The largest absolute Gasteiger partial charge is 0.497 e. The number of hydrazone groups is 1. The first-order chi connectivity index (χ1) is 15.7. The van der Waals surface area contributed by atoms with Gasteiger partial charge in [0.15, 0.2) is 11.6 Å². The van der Waals surface area contributed by atoms with Crippen LogP contribution < -0.4 is 14.9 Å². The van der Waals surface area contributed by atoms with Gasteiger partial charge in [-0.25, -0.2) is 9.97 Å². The van der Waals surface area contributed by atoms with Gasteiger partial charge in [0.2, 0.25) is 0 Å². The van der Waals surface area contributed by atoms with E-state index in [9.17, 15) is 0 Å². The van der Waals surface area contributed by atoms with Crippen molar-refractivity contribution in [3.05, 3.63) is 88.9 Å². The van der Waals surface area contributed by atoms with E-state index in [1.807, 2.05) is 78.9 Å². The number of anilines is 1. The monoisotopic (exact) mass is 488 g/mol. The van der Waals surface area contributed by atoms with Crippen LogP contribution in [0.1, 0.15) is 5.56 Å². The highest BCUT2D eigenvalue weighted by Crippen LogP contribution is 2.26. The highest BCUT2D eigenvalue weighted by atomic mass is 79.9. The summed E-state index contributed by atoms with van der Waals surface area (Å²) >= 11 is 3.47. The van der Waals surface area contributed by atoms with Crippen LogP contribution in [0.25, 0.3) is 22.6 Å². The SMILES string of the molecule is COc1ccc(/C=N/Nc2cc(-c3ccccc3)nc(-c3ccc(Br)cc3)n2)c(OC)c1. The molecule has 0 bridgehead atoms. The van der Waals surface area contributed by atoms with Gasteiger partial charge in [0, 0.05) is 33.3 Å². The smallest absolute Gasteiger partial charge is 0.162 e. The van der Waals surface area contributed by atoms with Crippen molar-refractivity contribution in [3.8, 4) is 34.1 Å². The number of hydrogen-bond acceptors (Lipinski definition) is 6. The van der Waals surface area contributed by atoms with Crippen LogP contribution >= 0.6 is 15.9 Å². The van der Waals surface area contributed by atoms with Gasteiger partial charge in [-0.1, -0.05) is 58.4 Å². The van der Waals surface area contributed by atoms with Crippen LogP contribution in [0.3, 0.4) is 0 Å². The number of nitrogens with zero attached hydrogens (tertiary/aromatic N) is 3. The summed E-state index contributed by atoms with van der Waals surface area (Å²) in [6.45, 7) is 0. The molecule has 32 heavy (non-hydrogen) atoms. The van der Waals surface area contributed by atoms with Crippen LogP contribution in [0.5, 0.6) is 11.5 Å². The van der Waals surface area contributed by atoms with E-state index < -0.39 is 0 Å². The van der Waals surface area contributed by atoms with Crippen LogP contribution in [0, 0.1) is 0 Å². The lowest BCUT2D eigenvalue weighted by molar-refractivity contribution is 0.394. The van der Waals surface area contributed by atoms with Gasteiger partial charge in [-0.15, -0.1) is 0 Å². The van der Waals surface area contributed by atoms with Crippen molar-refractivity contribution in [2.24, 2.45) is 5.10 Å². The number of aromatic nitrogens is 2. The maximum Gasteiger partial charge on any atom is 0.162 e. The van der Waals surface area contributed by atoms with Gasteiger partial charge in [0.05, 0.1) is 26.1 Å². The third-order valence-electron chi connectivity index (χ3n) is 4.72. The highest BCUT2D eigenvalue weighted by Gasteiger charge is 2.09. The predicted molar refractivity (Wildman–Crippen MR) is 131 cm³/mol. The van der Waals surface area contributed by atoms with E-state index in [0.29, 0.717) is 17.4 Å². The maximum atomic E-state index is 5.43. The average molecular weight is 489 g/mol. The van der Waals surface area contributed by atoms with Gasteiger partial charge in [-0.3, -0.25) is 5.43 Å². The Labute approximate surface area is 195 Å². The second-order valence-electron chi connectivity index (χ2n) is 6.81. The van der Waals surface area contributed by atoms with E-state index in [1.165, 1.54) is 0 Å². The lowest BCUT2D eigenvalue weighted by atomic mass is 10.1. The molecule has 0 fully saturated rings. The summed E-state index contributed by atoms with van der Waals surface area (Å²) in [5, 5.41) is 4.37. The number of methoxy groups -OCH3 is 2. The Balaban J connectivity index is 1.66. The summed E-state index contributed by atoms with van der Waals surface area (Å²) < 4.78 is 11.7. The Morgan fingerprint density at radius 2 is 1.62 bits per heavy atom. The molecule has 3 aromatic carbocycles. The molecule has 4 rings (SSSR count). The number of benzene rings is 3. The molecular formula is C25H21BrN4O2. The zero-order valence-electron chi connectivity index (χ0n) is 17.6. The zero-order valence-corrected chi connectivity index (χ0v) is 19.2. The summed E-state index contributed by atoms with van der Waals surface area (Å²) in [4.78, 5) is 9.42. The molecule has 6 nitrogen and oxygen atoms in total. The van der Waals surface area contributed by atoms with Gasteiger partial charge in [-0.05, 0) is 24.3 Å². The lowest BCUT2D eigenvalue weighted by Crippen LogP contribution is -2.00. The Kier molecular flexibility index (Phi) is 6.77. The average Bonchev–Trinajstić information content (AvgIpc) is 2.85. The summed E-state index contributed by atoms with van der Waals surface area (Å²) in [5.41, 5.74) is 6.55. The quantitative estimate of drug-likeness (QED) is 0.253. The summed E-state index contributed by atoms with van der Waals surface area (Å²) in [5.74, 6) is 2.58. The van der Waals surface area contributed by atoms with Crippen molar-refractivity contribution in [2.45, 2.75) is 0 Å². The summed E-state index contributed by atoms with van der Waals surface area (Å²) in [7, 11) is 3.23. The zero-order chi connectivity index (χ0) is 22.3. The summed E-state index contributed by atoms with van der Waals surface area (Å²) in [6.07, 6.45) is 1.68. The molecule has 4 aromatic rings. The Hall–Kier alpha value is -3.71. The standard InChI is InChI=1S/C25H21BrN4O2/c1-31-21-13-10-19(23(14-21)32-2)16-27-30-24-15-22(17-6-4-3-5-7-17)28-25(29-24)18-8-11-20(26)12-9-18/h3-16H,1-2H3,(H,28,29,30)/b27-16+. The molecule has 0 atom stereocenters. The fourth-order valence-electron chi connectivity index (χ4n) is 3.08. The van der Waals surface area contributed by atoms with E-state index in [-0.39, 0.29) is 0 Å². The predicted octanol–water partition coefficient (Wildman–Crippen LogP) is 6.04. The molecule has 1 aromatic heterocycles. The van der Waals surface area contributed by atoms with E-state index in [1.54, 1.807) is 20.4 Å². The molecule has 0 amide bonds. The first-order valence-electron chi connectivity index (χ1n) is 9.88. The second-order valence-corrected chi connectivity index (χ2v) is 7.73. The molecule has 0 saturated heterocycles. The lowest BCUT2D eigenvalue weighted by Gasteiger charge is -2.09. The molecule has 0 aliphatic rings. The first kappa shape index (κ1) is 21.5. The molecule has 0 radical (unpaired) electrons. The molecule has 1 heterocycles. The van der Waals surface area contributed by atoms with Crippen LogP contribution in [-0.2, 0) is 0 Å². The van der Waals surface area contributed by atoms with Gasteiger partial charge in [0.1, 0.15) is 11.5 Å². The van der Waals surface area contributed by atoms with Crippen molar-refractivity contribution in [1.29, 1.82) is 0 Å². The van der Waals surface area contributed by atoms with Gasteiger partial charge in [0.25, 0.3) is 0 Å². The van der Waals surface area contributed by atoms with Crippen molar-refractivity contribution >= 4 is 28.0 Å². The van der Waals surface area contributed by atoms with Crippen LogP contribution in [0.15, 0.2) is 88.4 Å². The van der Waals surface area contributed by atoms with Crippen molar-refractivity contribution in [2.75, 3.05) is 19.6 Å². The van der Waals surface area contributed by atoms with Gasteiger partial charge < -0.3 is 9.47 Å². The molecule has 7 heteroatoms.